The van der Waals surface area contributed by atoms with Crippen molar-refractivity contribution in [2.24, 2.45) is 0 Å². The van der Waals surface area contributed by atoms with Gasteiger partial charge in [0, 0.05) is 15.3 Å². The molecule has 0 aliphatic carbocycles. The molecule has 16 heavy (non-hydrogen) atoms. The van der Waals surface area contributed by atoms with Crippen molar-refractivity contribution in [3.63, 3.8) is 0 Å². The average Bonchev–Trinajstić information content (AvgIpc) is 2.70. The highest BCUT2D eigenvalue weighted by Crippen LogP contribution is 2.32. The van der Waals surface area contributed by atoms with Gasteiger partial charge in [-0.25, -0.2) is 0 Å². The molecule has 1 atom stereocenters. The number of hydrogen-bond donors (Lipinski definition) is 1. The number of thiophene rings is 1. The molecule has 0 saturated heterocycles. The van der Waals surface area contributed by atoms with Crippen LogP contribution in [0.1, 0.15) is 24.8 Å². The first-order chi connectivity index (χ1) is 7.59. The molecule has 0 aliphatic rings. The second kappa shape index (κ2) is 4.28. The summed E-state index contributed by atoms with van der Waals surface area (Å²) in [5.41, 5.74) is 0.657. The molecule has 2 rings (SSSR count). The van der Waals surface area contributed by atoms with Crippen molar-refractivity contribution < 1.29 is 5.21 Å². The van der Waals surface area contributed by atoms with Crippen LogP contribution in [0.5, 0.6) is 0 Å². The van der Waals surface area contributed by atoms with Crippen molar-refractivity contribution in [2.45, 2.75) is 19.9 Å². The molecule has 3 heteroatoms. The summed E-state index contributed by atoms with van der Waals surface area (Å²) < 4.78 is 1.25. The lowest BCUT2D eigenvalue weighted by molar-refractivity contribution is -0.0872. The third-order valence-electron chi connectivity index (χ3n) is 2.61. The molecule has 1 unspecified atom stereocenters. The molecule has 0 fully saturated rings. The van der Waals surface area contributed by atoms with Gasteiger partial charge in [0.05, 0.1) is 6.04 Å². The largest absolute Gasteiger partial charge is 0.288 e. The minimum Gasteiger partial charge on any atom is -0.288 e. The molecule has 1 heterocycles. The van der Waals surface area contributed by atoms with Gasteiger partial charge in [0.25, 0.3) is 0 Å². The molecule has 2 nitrogen and oxygen atoms in total. The summed E-state index contributed by atoms with van der Waals surface area (Å²) in [6.45, 7) is 7.50. The van der Waals surface area contributed by atoms with E-state index in [0.29, 0.717) is 5.70 Å². The van der Waals surface area contributed by atoms with Gasteiger partial charge in [0.15, 0.2) is 0 Å². The van der Waals surface area contributed by atoms with Crippen molar-refractivity contribution >= 4 is 21.4 Å². The fourth-order valence-electron chi connectivity index (χ4n) is 1.66. The van der Waals surface area contributed by atoms with E-state index < -0.39 is 0 Å². The van der Waals surface area contributed by atoms with Gasteiger partial charge in [0.1, 0.15) is 0 Å². The third kappa shape index (κ3) is 1.96. The summed E-state index contributed by atoms with van der Waals surface area (Å²) in [6.07, 6.45) is 0. The van der Waals surface area contributed by atoms with Gasteiger partial charge in [-0.15, -0.1) is 11.3 Å². The van der Waals surface area contributed by atoms with E-state index in [0.717, 1.165) is 4.88 Å². The molecule has 1 aromatic heterocycles. The van der Waals surface area contributed by atoms with Crippen LogP contribution in [0.2, 0.25) is 0 Å². The summed E-state index contributed by atoms with van der Waals surface area (Å²) in [5.74, 6) is 0. The predicted octanol–water partition coefficient (Wildman–Crippen LogP) is 4.19. The molecule has 1 N–H and O–H groups in total. The van der Waals surface area contributed by atoms with Crippen LogP contribution in [-0.2, 0) is 0 Å². The Morgan fingerprint density at radius 1 is 1.44 bits per heavy atom. The Morgan fingerprint density at radius 3 is 2.75 bits per heavy atom. The molecule has 0 saturated carbocycles. The molecule has 84 valence electrons. The van der Waals surface area contributed by atoms with Gasteiger partial charge >= 0.3 is 0 Å². The molecule has 0 spiro atoms. The Bertz CT molecular complexity index is 484. The molecule has 0 radical (unpaired) electrons. The lowest BCUT2D eigenvalue weighted by Gasteiger charge is -2.23. The SMILES string of the molecule is C=C(C)N(O)C(C)c1cc2ccccc2s1. The fourth-order valence-corrected chi connectivity index (χ4v) is 2.76. The molecular formula is C13H15NOS. The molecule has 0 amide bonds. The highest BCUT2D eigenvalue weighted by molar-refractivity contribution is 7.19. The molecule has 0 bridgehead atoms. The first kappa shape index (κ1) is 11.2. The van der Waals surface area contributed by atoms with Crippen LogP contribution < -0.4 is 0 Å². The highest BCUT2D eigenvalue weighted by Gasteiger charge is 2.15. The summed E-state index contributed by atoms with van der Waals surface area (Å²) in [7, 11) is 0. The second-order valence-electron chi connectivity index (χ2n) is 3.94. The lowest BCUT2D eigenvalue weighted by atomic mass is 10.2. The zero-order chi connectivity index (χ0) is 11.7. The Morgan fingerprint density at radius 2 is 2.12 bits per heavy atom. The zero-order valence-electron chi connectivity index (χ0n) is 9.47. The minimum atomic E-state index is -0.0464. The van der Waals surface area contributed by atoms with E-state index in [1.807, 2.05) is 19.1 Å². The van der Waals surface area contributed by atoms with E-state index in [2.05, 4.69) is 24.8 Å². The zero-order valence-corrected chi connectivity index (χ0v) is 10.3. The van der Waals surface area contributed by atoms with Gasteiger partial charge in [0.2, 0.25) is 0 Å². The Hall–Kier alpha value is -1.32. The van der Waals surface area contributed by atoms with Gasteiger partial charge in [-0.1, -0.05) is 24.8 Å². The van der Waals surface area contributed by atoms with Crippen molar-refractivity contribution in [1.82, 2.24) is 5.06 Å². The van der Waals surface area contributed by atoms with Gasteiger partial charge in [-0.05, 0) is 31.4 Å². The maximum absolute atomic E-state index is 9.81. The summed E-state index contributed by atoms with van der Waals surface area (Å²) in [5, 5.41) is 12.3. The van der Waals surface area contributed by atoms with Gasteiger partial charge in [-0.3, -0.25) is 10.3 Å². The summed E-state index contributed by atoms with van der Waals surface area (Å²) in [4.78, 5) is 1.15. The molecule has 1 aromatic carbocycles. The van der Waals surface area contributed by atoms with Crippen LogP contribution in [0.15, 0.2) is 42.6 Å². The van der Waals surface area contributed by atoms with Crippen molar-refractivity contribution in [3.05, 3.63) is 47.5 Å². The van der Waals surface area contributed by atoms with Crippen LogP contribution in [0, 0.1) is 0 Å². The normalized spacial score (nSPS) is 12.7. The predicted molar refractivity (Wildman–Crippen MR) is 68.7 cm³/mol. The number of nitrogens with zero attached hydrogens (tertiary/aromatic N) is 1. The number of fused-ring (bicyclic) bond motifs is 1. The molecular weight excluding hydrogens is 218 g/mol. The fraction of sp³-hybridized carbons (Fsp3) is 0.231. The number of benzene rings is 1. The lowest BCUT2D eigenvalue weighted by Crippen LogP contribution is -2.19. The molecule has 2 aromatic rings. The Balaban J connectivity index is 2.36. The smallest absolute Gasteiger partial charge is 0.0872 e. The highest BCUT2D eigenvalue weighted by atomic mass is 32.1. The monoisotopic (exact) mass is 233 g/mol. The van der Waals surface area contributed by atoms with Crippen LogP contribution >= 0.6 is 11.3 Å². The van der Waals surface area contributed by atoms with Crippen molar-refractivity contribution in [1.29, 1.82) is 0 Å². The number of allylic oxidation sites excluding steroid dienone is 1. The molecule has 0 aliphatic heterocycles. The average molecular weight is 233 g/mol. The number of hydroxylamine groups is 2. The van der Waals surface area contributed by atoms with E-state index in [-0.39, 0.29) is 6.04 Å². The number of hydrogen-bond acceptors (Lipinski definition) is 3. The minimum absolute atomic E-state index is 0.0464. The van der Waals surface area contributed by atoms with Gasteiger partial charge in [-0.2, -0.15) is 0 Å². The first-order valence-corrected chi connectivity index (χ1v) is 6.03. The number of rotatable bonds is 3. The standard InChI is InChI=1S/C13H15NOS/c1-9(2)14(15)10(3)13-8-11-6-4-5-7-12(11)16-13/h4-8,10,15H,1H2,2-3H3. The quantitative estimate of drug-likeness (QED) is 0.804. The van der Waals surface area contributed by atoms with E-state index >= 15 is 0 Å². The topological polar surface area (TPSA) is 23.5 Å². The Labute approximate surface area is 99.4 Å². The van der Waals surface area contributed by atoms with E-state index in [4.69, 9.17) is 0 Å². The van der Waals surface area contributed by atoms with Crippen LogP contribution in [-0.4, -0.2) is 10.3 Å². The summed E-state index contributed by atoms with van der Waals surface area (Å²) >= 11 is 1.71. The van der Waals surface area contributed by atoms with E-state index in [1.165, 1.54) is 15.1 Å². The van der Waals surface area contributed by atoms with Crippen LogP contribution in [0.25, 0.3) is 10.1 Å². The van der Waals surface area contributed by atoms with E-state index in [1.54, 1.807) is 18.3 Å². The van der Waals surface area contributed by atoms with Crippen LogP contribution in [0.3, 0.4) is 0 Å². The maximum atomic E-state index is 9.81. The van der Waals surface area contributed by atoms with Crippen molar-refractivity contribution in [3.8, 4) is 0 Å². The summed E-state index contributed by atoms with van der Waals surface area (Å²) in [6, 6.07) is 10.3. The third-order valence-corrected chi connectivity index (χ3v) is 3.90. The van der Waals surface area contributed by atoms with Crippen LogP contribution in [0.4, 0.5) is 0 Å². The van der Waals surface area contributed by atoms with E-state index in [9.17, 15) is 5.21 Å². The Kier molecular flexibility index (Phi) is 2.99. The van der Waals surface area contributed by atoms with Crippen molar-refractivity contribution in [2.75, 3.05) is 0 Å². The first-order valence-electron chi connectivity index (χ1n) is 5.21. The second-order valence-corrected chi connectivity index (χ2v) is 5.06. The maximum Gasteiger partial charge on any atom is 0.0872 e. The van der Waals surface area contributed by atoms with Gasteiger partial charge < -0.3 is 0 Å².